The summed E-state index contributed by atoms with van der Waals surface area (Å²) >= 11 is 0. The van der Waals surface area contributed by atoms with Gasteiger partial charge in [0.25, 0.3) is 0 Å². The first-order valence-corrected chi connectivity index (χ1v) is 8.74. The minimum absolute atomic E-state index is 0.0363. The molecule has 1 aliphatic heterocycles. The third-order valence-corrected chi connectivity index (χ3v) is 4.44. The second-order valence-electron chi connectivity index (χ2n) is 6.44. The molecule has 6 heteroatoms. The molecule has 0 fully saturated rings. The Bertz CT molecular complexity index is 1180. The molecule has 0 atom stereocenters. The van der Waals surface area contributed by atoms with Crippen molar-refractivity contribution in [2.24, 2.45) is 0 Å². The van der Waals surface area contributed by atoms with Gasteiger partial charge in [-0.25, -0.2) is 13.6 Å². The fourth-order valence-electron chi connectivity index (χ4n) is 3.06. The van der Waals surface area contributed by atoms with Crippen molar-refractivity contribution in [3.63, 3.8) is 0 Å². The Labute approximate surface area is 165 Å². The number of Topliss-reactive ketones (excluding diaryl/α,β-unsaturated/α-hetero) is 1. The predicted octanol–water partition coefficient (Wildman–Crippen LogP) is 5.11. The molecule has 1 aliphatic rings. The number of allylic oxidation sites excluding steroid dienone is 1. The summed E-state index contributed by atoms with van der Waals surface area (Å²) in [6, 6.07) is 14.3. The fraction of sp³-hybridized carbons (Fsp3) is 0.0435. The van der Waals surface area contributed by atoms with Gasteiger partial charge in [-0.3, -0.25) is 4.79 Å². The lowest BCUT2D eigenvalue weighted by Crippen LogP contribution is -2.10. The number of carbonyl (C=O) groups excluding carboxylic acids is 2. The summed E-state index contributed by atoms with van der Waals surface area (Å²) in [6.07, 6.45) is 1.32. The average Bonchev–Trinajstić information content (AvgIpc) is 2.99. The van der Waals surface area contributed by atoms with Crippen molar-refractivity contribution in [2.45, 2.75) is 6.92 Å². The zero-order valence-electron chi connectivity index (χ0n) is 15.2. The van der Waals surface area contributed by atoms with Crippen LogP contribution in [0.15, 0.2) is 66.4 Å². The third-order valence-electron chi connectivity index (χ3n) is 4.44. The van der Waals surface area contributed by atoms with Crippen LogP contribution in [-0.4, -0.2) is 11.8 Å². The highest BCUT2D eigenvalue weighted by molar-refractivity contribution is 6.15. The Morgan fingerprint density at radius 2 is 1.69 bits per heavy atom. The van der Waals surface area contributed by atoms with Crippen LogP contribution in [0, 0.1) is 18.6 Å². The highest BCUT2D eigenvalue weighted by Crippen LogP contribution is 2.37. The summed E-state index contributed by atoms with van der Waals surface area (Å²) in [5.74, 6) is -2.18. The summed E-state index contributed by atoms with van der Waals surface area (Å²) in [6.45, 7) is 1.66. The van der Waals surface area contributed by atoms with E-state index >= 15 is 0 Å². The van der Waals surface area contributed by atoms with Gasteiger partial charge in [0.2, 0.25) is 5.78 Å². The molecular weight excluding hydrogens is 378 g/mol. The van der Waals surface area contributed by atoms with Crippen LogP contribution < -0.4 is 9.47 Å². The topological polar surface area (TPSA) is 52.6 Å². The molecule has 4 rings (SSSR count). The lowest BCUT2D eigenvalue weighted by atomic mass is 10.0. The summed E-state index contributed by atoms with van der Waals surface area (Å²) in [5, 5.41) is 0. The zero-order valence-corrected chi connectivity index (χ0v) is 15.2. The first-order chi connectivity index (χ1) is 13.9. The Hall–Kier alpha value is -3.80. The molecule has 0 aromatic heterocycles. The van der Waals surface area contributed by atoms with Gasteiger partial charge in [0.05, 0.1) is 11.1 Å². The number of carbonyl (C=O) groups is 2. The van der Waals surface area contributed by atoms with Crippen LogP contribution in [0.2, 0.25) is 0 Å². The highest BCUT2D eigenvalue weighted by Gasteiger charge is 2.30. The van der Waals surface area contributed by atoms with E-state index in [1.807, 2.05) is 0 Å². The van der Waals surface area contributed by atoms with E-state index in [0.717, 1.165) is 6.07 Å². The van der Waals surface area contributed by atoms with Gasteiger partial charge in [-0.2, -0.15) is 0 Å². The zero-order chi connectivity index (χ0) is 20.5. The highest BCUT2D eigenvalue weighted by atomic mass is 19.1. The molecule has 29 heavy (non-hydrogen) atoms. The third kappa shape index (κ3) is 3.52. The van der Waals surface area contributed by atoms with Crippen LogP contribution in [0.5, 0.6) is 11.5 Å². The maximum atomic E-state index is 13.9. The van der Waals surface area contributed by atoms with Gasteiger partial charge in [0, 0.05) is 11.6 Å². The van der Waals surface area contributed by atoms with Gasteiger partial charge in [-0.15, -0.1) is 0 Å². The van der Waals surface area contributed by atoms with Crippen LogP contribution in [0.3, 0.4) is 0 Å². The Morgan fingerprint density at radius 1 is 1.00 bits per heavy atom. The van der Waals surface area contributed by atoms with Gasteiger partial charge in [-0.1, -0.05) is 30.3 Å². The minimum Gasteiger partial charge on any atom is -0.452 e. The predicted molar refractivity (Wildman–Crippen MR) is 102 cm³/mol. The van der Waals surface area contributed by atoms with E-state index in [-0.39, 0.29) is 28.4 Å². The van der Waals surface area contributed by atoms with Crippen molar-refractivity contribution in [3.05, 3.63) is 100 Å². The molecular formula is C23H14F2O4. The van der Waals surface area contributed by atoms with E-state index in [1.54, 1.807) is 19.1 Å². The van der Waals surface area contributed by atoms with Crippen molar-refractivity contribution < 1.29 is 27.8 Å². The molecule has 0 saturated heterocycles. The molecule has 1 heterocycles. The van der Waals surface area contributed by atoms with E-state index in [9.17, 15) is 18.4 Å². The van der Waals surface area contributed by atoms with Crippen LogP contribution in [0.25, 0.3) is 6.08 Å². The number of benzene rings is 3. The van der Waals surface area contributed by atoms with Crippen molar-refractivity contribution >= 4 is 17.8 Å². The first kappa shape index (κ1) is 18.6. The van der Waals surface area contributed by atoms with Crippen LogP contribution in [0.4, 0.5) is 8.78 Å². The summed E-state index contributed by atoms with van der Waals surface area (Å²) in [4.78, 5) is 24.9. The molecule has 3 aromatic carbocycles. The number of fused-ring (bicyclic) bond motifs is 1. The van der Waals surface area contributed by atoms with E-state index in [2.05, 4.69) is 0 Å². The standard InChI is InChI=1S/C23H14F2O4/c1-13-10-15(28-23(27)16-7-3-5-9-18(16)25)12-19-21(13)22(26)20(29-19)11-14-6-2-4-8-17(14)24/h2-12H,1H3/b20-11-. The summed E-state index contributed by atoms with van der Waals surface area (Å²) in [7, 11) is 0. The van der Waals surface area contributed by atoms with E-state index in [1.165, 1.54) is 48.5 Å². The van der Waals surface area contributed by atoms with Gasteiger partial charge in [0.1, 0.15) is 23.1 Å². The Kier molecular flexibility index (Phi) is 4.68. The largest absolute Gasteiger partial charge is 0.452 e. The fourth-order valence-corrected chi connectivity index (χ4v) is 3.06. The van der Waals surface area contributed by atoms with Crippen LogP contribution in [-0.2, 0) is 0 Å². The molecule has 144 valence electrons. The molecule has 0 aliphatic carbocycles. The monoisotopic (exact) mass is 392 g/mol. The number of ketones is 1. The lowest BCUT2D eigenvalue weighted by molar-refractivity contribution is 0.0729. The molecule has 0 radical (unpaired) electrons. The van der Waals surface area contributed by atoms with Crippen molar-refractivity contribution in [1.82, 2.24) is 0 Å². The van der Waals surface area contributed by atoms with Crippen LogP contribution >= 0.6 is 0 Å². The SMILES string of the molecule is Cc1cc(OC(=O)c2ccccc2F)cc2c1C(=O)/C(=C/c1ccccc1F)O2. The van der Waals surface area contributed by atoms with E-state index in [4.69, 9.17) is 9.47 Å². The molecule has 3 aromatic rings. The molecule has 0 unspecified atom stereocenters. The molecule has 4 nitrogen and oxygen atoms in total. The number of hydrogen-bond acceptors (Lipinski definition) is 4. The maximum absolute atomic E-state index is 13.9. The second-order valence-corrected chi connectivity index (χ2v) is 6.44. The normalized spacial score (nSPS) is 13.9. The first-order valence-electron chi connectivity index (χ1n) is 8.74. The van der Waals surface area contributed by atoms with Crippen molar-refractivity contribution in [3.8, 4) is 11.5 Å². The minimum atomic E-state index is -0.867. The number of hydrogen-bond donors (Lipinski definition) is 0. The van der Waals surface area contributed by atoms with Crippen molar-refractivity contribution in [2.75, 3.05) is 0 Å². The Morgan fingerprint density at radius 3 is 2.41 bits per heavy atom. The van der Waals surface area contributed by atoms with E-state index in [0.29, 0.717) is 11.1 Å². The Balaban J connectivity index is 1.64. The number of ether oxygens (including phenoxy) is 2. The van der Waals surface area contributed by atoms with Crippen LogP contribution in [0.1, 0.15) is 31.8 Å². The molecule has 0 saturated carbocycles. The molecule has 0 spiro atoms. The summed E-state index contributed by atoms with van der Waals surface area (Å²) < 4.78 is 38.5. The summed E-state index contributed by atoms with van der Waals surface area (Å²) in [5.41, 5.74) is 0.828. The number of esters is 1. The average molecular weight is 392 g/mol. The molecule has 0 N–H and O–H groups in total. The molecule has 0 bridgehead atoms. The number of halogens is 2. The molecule has 0 amide bonds. The lowest BCUT2D eigenvalue weighted by Gasteiger charge is -2.08. The van der Waals surface area contributed by atoms with Gasteiger partial charge < -0.3 is 9.47 Å². The van der Waals surface area contributed by atoms with Gasteiger partial charge in [0.15, 0.2) is 5.76 Å². The van der Waals surface area contributed by atoms with Gasteiger partial charge in [-0.05, 0) is 42.8 Å². The van der Waals surface area contributed by atoms with Gasteiger partial charge >= 0.3 is 5.97 Å². The number of aryl methyl sites for hydroxylation is 1. The van der Waals surface area contributed by atoms with E-state index < -0.39 is 23.4 Å². The number of rotatable bonds is 3. The maximum Gasteiger partial charge on any atom is 0.346 e. The second kappa shape index (κ2) is 7.31. The quantitative estimate of drug-likeness (QED) is 0.353. The smallest absolute Gasteiger partial charge is 0.346 e. The van der Waals surface area contributed by atoms with Crippen molar-refractivity contribution in [1.29, 1.82) is 0 Å².